The van der Waals surface area contributed by atoms with Crippen molar-refractivity contribution in [1.29, 1.82) is 0 Å². The van der Waals surface area contributed by atoms with Gasteiger partial charge < -0.3 is 25.2 Å². The van der Waals surface area contributed by atoms with Crippen LogP contribution in [0.3, 0.4) is 0 Å². The fourth-order valence-electron chi connectivity index (χ4n) is 4.81. The van der Waals surface area contributed by atoms with Gasteiger partial charge in [0, 0.05) is 12.0 Å². The quantitative estimate of drug-likeness (QED) is 0.791. The minimum absolute atomic E-state index is 0.0466. The summed E-state index contributed by atoms with van der Waals surface area (Å²) in [6.45, 7) is 2.89. The molecule has 0 radical (unpaired) electrons. The van der Waals surface area contributed by atoms with Gasteiger partial charge in [-0.25, -0.2) is 0 Å². The van der Waals surface area contributed by atoms with Crippen LogP contribution in [0.4, 0.5) is 0 Å². The summed E-state index contributed by atoms with van der Waals surface area (Å²) in [4.78, 5) is 0. The zero-order valence-corrected chi connectivity index (χ0v) is 14.7. The molecule has 1 aliphatic carbocycles. The standard InChI is InChI=1S/C21H24N2O3/c24-20-19(23-12-14-5-6-17-18(11-14)26-13-25-17)15-3-1-2-4-16(15)21(20)7-9-22-10-8-21/h1-6,11,19-20,22-24H,7-10,12-13H2/t19-,20+/m1/s1. The van der Waals surface area contributed by atoms with E-state index in [1.54, 1.807) is 0 Å². The normalized spacial score (nSPS) is 25.4. The molecule has 0 bridgehead atoms. The van der Waals surface area contributed by atoms with Crippen molar-refractivity contribution in [2.45, 2.75) is 36.9 Å². The number of piperidine rings is 1. The van der Waals surface area contributed by atoms with E-state index in [4.69, 9.17) is 9.47 Å². The highest BCUT2D eigenvalue weighted by Gasteiger charge is 2.51. The van der Waals surface area contributed by atoms with E-state index in [1.165, 1.54) is 11.1 Å². The number of fused-ring (bicyclic) bond motifs is 3. The lowest BCUT2D eigenvalue weighted by Crippen LogP contribution is -2.47. The first kappa shape index (κ1) is 16.1. The van der Waals surface area contributed by atoms with E-state index < -0.39 is 6.10 Å². The Bertz CT molecular complexity index is 817. The van der Waals surface area contributed by atoms with Crippen LogP contribution in [0.1, 0.15) is 35.6 Å². The van der Waals surface area contributed by atoms with Gasteiger partial charge in [0.1, 0.15) is 0 Å². The van der Waals surface area contributed by atoms with Crippen molar-refractivity contribution in [3.8, 4) is 11.5 Å². The summed E-state index contributed by atoms with van der Waals surface area (Å²) in [6, 6.07) is 14.5. The monoisotopic (exact) mass is 352 g/mol. The maximum Gasteiger partial charge on any atom is 0.231 e. The van der Waals surface area contributed by atoms with E-state index >= 15 is 0 Å². The molecule has 0 amide bonds. The minimum Gasteiger partial charge on any atom is -0.454 e. The fourth-order valence-corrected chi connectivity index (χ4v) is 4.81. The second-order valence-corrected chi connectivity index (χ2v) is 7.48. The highest BCUT2D eigenvalue weighted by atomic mass is 16.7. The lowest BCUT2D eigenvalue weighted by Gasteiger charge is -2.39. The topological polar surface area (TPSA) is 62.8 Å². The van der Waals surface area contributed by atoms with Gasteiger partial charge in [0.2, 0.25) is 6.79 Å². The van der Waals surface area contributed by atoms with Crippen LogP contribution in [0.2, 0.25) is 0 Å². The Hall–Kier alpha value is -2.08. The molecule has 1 spiro atoms. The number of aliphatic hydroxyl groups is 1. The molecule has 5 rings (SSSR count). The van der Waals surface area contributed by atoms with Crippen LogP contribution in [0, 0.1) is 0 Å². The fraction of sp³-hybridized carbons (Fsp3) is 0.429. The second-order valence-electron chi connectivity index (χ2n) is 7.48. The first-order valence-corrected chi connectivity index (χ1v) is 9.38. The summed E-state index contributed by atoms with van der Waals surface area (Å²) in [5, 5.41) is 18.3. The largest absolute Gasteiger partial charge is 0.454 e. The van der Waals surface area contributed by atoms with Gasteiger partial charge in [-0.3, -0.25) is 0 Å². The summed E-state index contributed by atoms with van der Waals surface area (Å²) in [5.74, 6) is 1.60. The molecular weight excluding hydrogens is 328 g/mol. The average Bonchev–Trinajstić information content (AvgIpc) is 3.24. The van der Waals surface area contributed by atoms with Gasteiger partial charge in [0.05, 0.1) is 12.1 Å². The van der Waals surface area contributed by atoms with Crippen molar-refractivity contribution in [3.63, 3.8) is 0 Å². The van der Waals surface area contributed by atoms with Gasteiger partial charge >= 0.3 is 0 Å². The molecule has 0 unspecified atom stereocenters. The van der Waals surface area contributed by atoms with Crippen LogP contribution >= 0.6 is 0 Å². The van der Waals surface area contributed by atoms with Crippen molar-refractivity contribution >= 4 is 0 Å². The zero-order valence-electron chi connectivity index (χ0n) is 14.7. The Morgan fingerprint density at radius 2 is 1.88 bits per heavy atom. The first-order valence-electron chi connectivity index (χ1n) is 9.38. The number of ether oxygens (including phenoxy) is 2. The third kappa shape index (κ3) is 2.42. The van der Waals surface area contributed by atoms with E-state index in [0.29, 0.717) is 6.54 Å². The highest BCUT2D eigenvalue weighted by Crippen LogP contribution is 2.50. The smallest absolute Gasteiger partial charge is 0.231 e. The zero-order chi connectivity index (χ0) is 17.6. The molecule has 3 N–H and O–H groups in total. The number of nitrogens with one attached hydrogen (secondary N) is 2. The average molecular weight is 352 g/mol. The van der Waals surface area contributed by atoms with Crippen molar-refractivity contribution in [2.24, 2.45) is 0 Å². The number of aliphatic hydroxyl groups excluding tert-OH is 1. The predicted molar refractivity (Wildman–Crippen MR) is 98.4 cm³/mol. The lowest BCUT2D eigenvalue weighted by molar-refractivity contribution is 0.0439. The Morgan fingerprint density at radius 1 is 1.08 bits per heavy atom. The molecule has 136 valence electrons. The summed E-state index contributed by atoms with van der Waals surface area (Å²) in [6.07, 6.45) is 1.55. The molecule has 2 aromatic carbocycles. The lowest BCUT2D eigenvalue weighted by atomic mass is 9.72. The van der Waals surface area contributed by atoms with Gasteiger partial charge in [0.25, 0.3) is 0 Å². The van der Waals surface area contributed by atoms with Crippen LogP contribution in [0.25, 0.3) is 0 Å². The highest BCUT2D eigenvalue weighted by molar-refractivity contribution is 5.46. The molecule has 1 fully saturated rings. The van der Waals surface area contributed by atoms with Crippen LogP contribution in [0.15, 0.2) is 42.5 Å². The maximum atomic E-state index is 11.3. The SMILES string of the molecule is O[C@H]1[C@H](NCc2ccc3c(c2)OCO3)c2ccccc2C12CCNCC2. The first-order chi connectivity index (χ1) is 12.8. The molecule has 2 atom stereocenters. The Kier molecular flexibility index (Phi) is 3.89. The molecule has 5 nitrogen and oxygen atoms in total. The van der Waals surface area contributed by atoms with Gasteiger partial charge in [-0.15, -0.1) is 0 Å². The number of hydrogen-bond donors (Lipinski definition) is 3. The van der Waals surface area contributed by atoms with Crippen molar-refractivity contribution < 1.29 is 14.6 Å². The molecule has 0 aromatic heterocycles. The molecule has 2 heterocycles. The second kappa shape index (κ2) is 6.27. The third-order valence-electron chi connectivity index (χ3n) is 6.17. The Balaban J connectivity index is 1.40. The molecule has 0 saturated carbocycles. The van der Waals surface area contributed by atoms with E-state index in [1.807, 2.05) is 18.2 Å². The maximum absolute atomic E-state index is 11.3. The van der Waals surface area contributed by atoms with Crippen LogP contribution < -0.4 is 20.1 Å². The summed E-state index contributed by atoms with van der Waals surface area (Å²) >= 11 is 0. The summed E-state index contributed by atoms with van der Waals surface area (Å²) < 4.78 is 10.9. The predicted octanol–water partition coefficient (Wildman–Crippen LogP) is 2.24. The van der Waals surface area contributed by atoms with Crippen molar-refractivity contribution in [2.75, 3.05) is 19.9 Å². The van der Waals surface area contributed by atoms with Crippen LogP contribution in [-0.4, -0.2) is 31.1 Å². The van der Waals surface area contributed by atoms with Crippen LogP contribution in [0.5, 0.6) is 11.5 Å². The van der Waals surface area contributed by atoms with E-state index in [9.17, 15) is 5.11 Å². The number of benzene rings is 2. The Labute approximate surface area is 153 Å². The molecule has 3 aliphatic rings. The number of rotatable bonds is 3. The summed E-state index contributed by atoms with van der Waals surface area (Å²) in [7, 11) is 0. The molecule has 2 aliphatic heterocycles. The van der Waals surface area contributed by atoms with E-state index in [0.717, 1.165) is 43.0 Å². The molecular formula is C21H24N2O3. The minimum atomic E-state index is -0.406. The number of hydrogen-bond acceptors (Lipinski definition) is 5. The van der Waals surface area contributed by atoms with E-state index in [2.05, 4.69) is 34.9 Å². The molecule has 26 heavy (non-hydrogen) atoms. The van der Waals surface area contributed by atoms with E-state index in [-0.39, 0.29) is 18.2 Å². The van der Waals surface area contributed by atoms with Gasteiger partial charge in [-0.2, -0.15) is 0 Å². The van der Waals surface area contributed by atoms with Gasteiger partial charge in [0.15, 0.2) is 11.5 Å². The van der Waals surface area contributed by atoms with Crippen LogP contribution in [-0.2, 0) is 12.0 Å². The summed E-state index contributed by atoms with van der Waals surface area (Å²) in [5.41, 5.74) is 3.55. The third-order valence-corrected chi connectivity index (χ3v) is 6.17. The molecule has 1 saturated heterocycles. The van der Waals surface area contributed by atoms with Gasteiger partial charge in [-0.05, 0) is 54.8 Å². The van der Waals surface area contributed by atoms with Gasteiger partial charge in [-0.1, -0.05) is 30.3 Å². The van der Waals surface area contributed by atoms with Crippen molar-refractivity contribution in [1.82, 2.24) is 10.6 Å². The molecule has 5 heteroatoms. The molecule has 2 aromatic rings. The van der Waals surface area contributed by atoms with Crippen molar-refractivity contribution in [3.05, 3.63) is 59.2 Å². The Morgan fingerprint density at radius 3 is 2.77 bits per heavy atom.